The molecule has 0 heterocycles. The molecule has 0 amide bonds. The molecule has 0 radical (unpaired) electrons. The van der Waals surface area contributed by atoms with Gasteiger partial charge in [0.05, 0.1) is 0 Å². The quantitative estimate of drug-likeness (QED) is 0.844. The number of hydrogen-bond donors (Lipinski definition) is 1. The van der Waals surface area contributed by atoms with E-state index in [4.69, 9.17) is 4.74 Å². The highest BCUT2D eigenvalue weighted by Gasteiger charge is 2.06. The zero-order valence-electron chi connectivity index (χ0n) is 12.7. The van der Waals surface area contributed by atoms with Crippen LogP contribution >= 0.6 is 0 Å². The normalized spacial score (nSPS) is 12.2. The summed E-state index contributed by atoms with van der Waals surface area (Å²) in [5.41, 5.74) is 3.60. The maximum absolute atomic E-state index is 6.01. The van der Waals surface area contributed by atoms with Crippen LogP contribution in [0.3, 0.4) is 0 Å². The molecule has 0 bridgehead atoms. The van der Waals surface area contributed by atoms with E-state index < -0.39 is 0 Å². The lowest BCUT2D eigenvalue weighted by Crippen LogP contribution is -2.17. The van der Waals surface area contributed by atoms with E-state index in [1.807, 2.05) is 12.1 Å². The topological polar surface area (TPSA) is 21.3 Å². The van der Waals surface area contributed by atoms with E-state index in [1.165, 1.54) is 5.56 Å². The van der Waals surface area contributed by atoms with Gasteiger partial charge in [0.2, 0.25) is 0 Å². The van der Waals surface area contributed by atoms with Crippen LogP contribution in [0.15, 0.2) is 42.5 Å². The maximum atomic E-state index is 6.01. The molecule has 0 saturated heterocycles. The summed E-state index contributed by atoms with van der Waals surface area (Å²) in [6, 6.07) is 14.9. The average Bonchev–Trinajstić information content (AvgIpc) is 2.44. The van der Waals surface area contributed by atoms with Crippen LogP contribution in [0.1, 0.15) is 36.6 Å². The molecular weight excluding hydrogens is 246 g/mol. The molecule has 20 heavy (non-hydrogen) atoms. The summed E-state index contributed by atoms with van der Waals surface area (Å²) in [5, 5.41) is 3.41. The van der Waals surface area contributed by atoms with Crippen LogP contribution < -0.4 is 10.1 Å². The van der Waals surface area contributed by atoms with E-state index in [-0.39, 0.29) is 0 Å². The minimum absolute atomic E-state index is 0.370. The number of para-hydroxylation sites is 1. The lowest BCUT2D eigenvalue weighted by atomic mass is 10.1. The summed E-state index contributed by atoms with van der Waals surface area (Å²) in [5.74, 6) is 1.84. The van der Waals surface area contributed by atoms with Gasteiger partial charge in [-0.2, -0.15) is 0 Å². The molecule has 2 nitrogen and oxygen atoms in total. The zero-order chi connectivity index (χ0) is 14.5. The first kappa shape index (κ1) is 14.6. The van der Waals surface area contributed by atoms with Gasteiger partial charge in [0.1, 0.15) is 11.5 Å². The molecule has 0 fully saturated rings. The van der Waals surface area contributed by atoms with Crippen molar-refractivity contribution in [3.05, 3.63) is 59.2 Å². The third kappa shape index (κ3) is 3.40. The summed E-state index contributed by atoms with van der Waals surface area (Å²) in [4.78, 5) is 0. The lowest BCUT2D eigenvalue weighted by molar-refractivity contribution is 0.474. The second-order valence-corrected chi connectivity index (χ2v) is 5.17. The van der Waals surface area contributed by atoms with Crippen LogP contribution in [0.5, 0.6) is 11.5 Å². The minimum Gasteiger partial charge on any atom is -0.457 e. The molecule has 0 aliphatic carbocycles. The first-order chi connectivity index (χ1) is 9.61. The first-order valence-corrected chi connectivity index (χ1v) is 7.19. The highest BCUT2D eigenvalue weighted by molar-refractivity contribution is 5.43. The largest absolute Gasteiger partial charge is 0.457 e. The number of ether oxygens (including phenoxy) is 1. The summed E-state index contributed by atoms with van der Waals surface area (Å²) >= 11 is 0. The Balaban J connectivity index is 2.15. The van der Waals surface area contributed by atoms with Gasteiger partial charge in [0.25, 0.3) is 0 Å². The standard InChI is InChI=1S/C18H23NO/c1-5-19-15(4)16-9-11-17(12-10-16)20-18-13(2)7-6-8-14(18)3/h6-12,15,19H,5H2,1-4H3. The minimum atomic E-state index is 0.370. The SMILES string of the molecule is CCNC(C)c1ccc(Oc2c(C)cccc2C)cc1. The van der Waals surface area contributed by atoms with Crippen molar-refractivity contribution in [2.45, 2.75) is 33.7 Å². The van der Waals surface area contributed by atoms with Gasteiger partial charge < -0.3 is 10.1 Å². The van der Waals surface area contributed by atoms with Gasteiger partial charge in [-0.3, -0.25) is 0 Å². The predicted molar refractivity (Wildman–Crippen MR) is 84.5 cm³/mol. The molecule has 1 unspecified atom stereocenters. The Bertz CT molecular complexity index is 540. The number of rotatable bonds is 5. The molecular formula is C18H23NO. The van der Waals surface area contributed by atoms with Crippen molar-refractivity contribution in [1.29, 1.82) is 0 Å². The Hall–Kier alpha value is -1.80. The van der Waals surface area contributed by atoms with Crippen molar-refractivity contribution in [2.75, 3.05) is 6.54 Å². The van der Waals surface area contributed by atoms with Crippen molar-refractivity contribution in [2.24, 2.45) is 0 Å². The van der Waals surface area contributed by atoms with Gasteiger partial charge in [0.15, 0.2) is 0 Å². The molecule has 1 N–H and O–H groups in total. The Morgan fingerprint density at radius 1 is 1.00 bits per heavy atom. The Kier molecular flexibility index (Phi) is 4.80. The Morgan fingerprint density at radius 2 is 1.60 bits per heavy atom. The van der Waals surface area contributed by atoms with Crippen LogP contribution in [0.4, 0.5) is 0 Å². The lowest BCUT2D eigenvalue weighted by Gasteiger charge is -2.15. The number of hydrogen-bond acceptors (Lipinski definition) is 2. The van der Waals surface area contributed by atoms with Crippen LogP contribution in [-0.4, -0.2) is 6.54 Å². The number of benzene rings is 2. The Morgan fingerprint density at radius 3 is 2.15 bits per heavy atom. The molecule has 0 spiro atoms. The van der Waals surface area contributed by atoms with Crippen LogP contribution in [0.25, 0.3) is 0 Å². The molecule has 1 atom stereocenters. The molecule has 2 rings (SSSR count). The molecule has 0 aliphatic rings. The Labute approximate surface area is 121 Å². The fourth-order valence-electron chi connectivity index (χ4n) is 2.33. The van der Waals surface area contributed by atoms with Crippen molar-refractivity contribution in [3.8, 4) is 11.5 Å². The van der Waals surface area contributed by atoms with E-state index >= 15 is 0 Å². The van der Waals surface area contributed by atoms with E-state index in [0.29, 0.717) is 6.04 Å². The smallest absolute Gasteiger partial charge is 0.133 e. The van der Waals surface area contributed by atoms with E-state index in [2.05, 4.69) is 63.3 Å². The third-order valence-corrected chi connectivity index (χ3v) is 3.52. The predicted octanol–water partition coefficient (Wildman–Crippen LogP) is 4.77. The molecule has 2 heteroatoms. The number of nitrogens with one attached hydrogen (secondary N) is 1. The van der Waals surface area contributed by atoms with Gasteiger partial charge in [-0.25, -0.2) is 0 Å². The van der Waals surface area contributed by atoms with Crippen LogP contribution in [0, 0.1) is 13.8 Å². The monoisotopic (exact) mass is 269 g/mol. The zero-order valence-corrected chi connectivity index (χ0v) is 12.7. The van der Waals surface area contributed by atoms with Crippen molar-refractivity contribution >= 4 is 0 Å². The molecule has 0 aliphatic heterocycles. The van der Waals surface area contributed by atoms with Gasteiger partial charge in [-0.15, -0.1) is 0 Å². The van der Waals surface area contributed by atoms with Crippen LogP contribution in [-0.2, 0) is 0 Å². The molecule has 2 aromatic carbocycles. The summed E-state index contributed by atoms with van der Waals surface area (Å²) in [7, 11) is 0. The molecule has 2 aromatic rings. The third-order valence-electron chi connectivity index (χ3n) is 3.52. The number of aryl methyl sites for hydroxylation is 2. The highest BCUT2D eigenvalue weighted by Crippen LogP contribution is 2.29. The van der Waals surface area contributed by atoms with Crippen LogP contribution in [0.2, 0.25) is 0 Å². The summed E-state index contributed by atoms with van der Waals surface area (Å²) in [6.07, 6.45) is 0. The maximum Gasteiger partial charge on any atom is 0.133 e. The molecule has 0 aromatic heterocycles. The van der Waals surface area contributed by atoms with E-state index in [1.54, 1.807) is 0 Å². The van der Waals surface area contributed by atoms with Crippen molar-refractivity contribution < 1.29 is 4.74 Å². The van der Waals surface area contributed by atoms with Gasteiger partial charge >= 0.3 is 0 Å². The summed E-state index contributed by atoms with van der Waals surface area (Å²) < 4.78 is 6.01. The first-order valence-electron chi connectivity index (χ1n) is 7.19. The second-order valence-electron chi connectivity index (χ2n) is 5.17. The van der Waals surface area contributed by atoms with Crippen molar-refractivity contribution in [1.82, 2.24) is 5.32 Å². The van der Waals surface area contributed by atoms with Gasteiger partial charge in [-0.05, 0) is 56.1 Å². The molecule has 106 valence electrons. The molecule has 0 saturated carbocycles. The fourth-order valence-corrected chi connectivity index (χ4v) is 2.33. The van der Waals surface area contributed by atoms with E-state index in [9.17, 15) is 0 Å². The highest BCUT2D eigenvalue weighted by atomic mass is 16.5. The van der Waals surface area contributed by atoms with Gasteiger partial charge in [-0.1, -0.05) is 37.3 Å². The fraction of sp³-hybridized carbons (Fsp3) is 0.333. The van der Waals surface area contributed by atoms with Crippen molar-refractivity contribution in [3.63, 3.8) is 0 Å². The van der Waals surface area contributed by atoms with Gasteiger partial charge in [0, 0.05) is 6.04 Å². The average molecular weight is 269 g/mol. The second kappa shape index (κ2) is 6.58. The van der Waals surface area contributed by atoms with E-state index in [0.717, 1.165) is 29.2 Å². The summed E-state index contributed by atoms with van der Waals surface area (Å²) in [6.45, 7) is 9.41.